The van der Waals surface area contributed by atoms with Crippen molar-refractivity contribution in [3.63, 3.8) is 0 Å². The molecule has 3 fully saturated rings. The van der Waals surface area contributed by atoms with Gasteiger partial charge >= 0.3 is 6.18 Å². The number of halogens is 3. The van der Waals surface area contributed by atoms with E-state index >= 15 is 0 Å². The monoisotopic (exact) mass is 498 g/mol. The summed E-state index contributed by atoms with van der Waals surface area (Å²) in [5.41, 5.74) is -2.06. The summed E-state index contributed by atoms with van der Waals surface area (Å²) in [6, 6.07) is 3.76. The Balaban J connectivity index is 1.59. The molecule has 0 spiro atoms. The highest BCUT2D eigenvalue weighted by molar-refractivity contribution is 5.95. The number of hydrogen-bond donors (Lipinski definition) is 0. The van der Waals surface area contributed by atoms with Gasteiger partial charge in [-0.15, -0.1) is 0 Å². The molecule has 7 nitrogen and oxygen atoms in total. The van der Waals surface area contributed by atoms with E-state index in [-0.39, 0.29) is 23.4 Å². The number of rotatable bonds is 6. The van der Waals surface area contributed by atoms with Crippen LogP contribution in [0.1, 0.15) is 46.2 Å². The van der Waals surface area contributed by atoms with Gasteiger partial charge in [-0.25, -0.2) is 4.98 Å². The third-order valence-corrected chi connectivity index (χ3v) is 7.89. The summed E-state index contributed by atoms with van der Waals surface area (Å²) in [7, 11) is 0. The summed E-state index contributed by atoms with van der Waals surface area (Å²) >= 11 is 0. The van der Waals surface area contributed by atoms with E-state index in [9.17, 15) is 18.0 Å². The second-order valence-corrected chi connectivity index (χ2v) is 10.6. The highest BCUT2D eigenvalue weighted by atomic mass is 19.4. The number of alkyl halides is 3. The van der Waals surface area contributed by atoms with Crippen molar-refractivity contribution >= 4 is 11.7 Å². The molecule has 3 atom stereocenters. The standard InChI is InChI=1S/C25H37F3N4O3/c1-18(2)34-15-13-30-9-11-31(12-10-30)24-8-14-35-23(4,16-24)19(3)22(33)32(17-24)21-7-5-6-20(29-21)25(26,27)28/h5-7,18-19H,8-17H2,1-4H3. The minimum atomic E-state index is -4.57. The van der Waals surface area contributed by atoms with E-state index in [0.717, 1.165) is 38.8 Å². The van der Waals surface area contributed by atoms with Gasteiger partial charge in [0.2, 0.25) is 5.91 Å². The van der Waals surface area contributed by atoms with Gasteiger partial charge in [-0.3, -0.25) is 19.5 Å². The van der Waals surface area contributed by atoms with E-state index in [4.69, 9.17) is 9.47 Å². The van der Waals surface area contributed by atoms with Crippen molar-refractivity contribution in [3.05, 3.63) is 23.9 Å². The lowest BCUT2D eigenvalue weighted by Gasteiger charge is -2.53. The lowest BCUT2D eigenvalue weighted by atomic mass is 9.75. The first kappa shape index (κ1) is 26.3. The molecule has 196 valence electrons. The molecule has 0 aliphatic carbocycles. The van der Waals surface area contributed by atoms with Gasteiger partial charge < -0.3 is 9.47 Å². The molecular weight excluding hydrogens is 461 g/mol. The SMILES string of the molecule is CC(C)OCCN1CCN(C23CCOC(C)(C2)C(C)C(=O)N(c2cccc(C(F)(F)F)n2)C3)CC1. The highest BCUT2D eigenvalue weighted by Gasteiger charge is 2.56. The van der Waals surface area contributed by atoms with Crippen molar-refractivity contribution in [2.24, 2.45) is 5.92 Å². The van der Waals surface area contributed by atoms with Gasteiger partial charge in [-0.1, -0.05) is 13.0 Å². The van der Waals surface area contributed by atoms with E-state index in [2.05, 4.69) is 14.8 Å². The third kappa shape index (κ3) is 5.50. The fraction of sp³-hybridized carbons (Fsp3) is 0.760. The predicted molar refractivity (Wildman–Crippen MR) is 126 cm³/mol. The molecule has 0 aromatic carbocycles. The van der Waals surface area contributed by atoms with Crippen LogP contribution in [0.4, 0.5) is 19.0 Å². The number of amides is 1. The molecule has 4 heterocycles. The average molecular weight is 499 g/mol. The molecule has 3 saturated heterocycles. The lowest BCUT2D eigenvalue weighted by molar-refractivity contribution is -0.156. The van der Waals surface area contributed by atoms with Crippen LogP contribution in [0.15, 0.2) is 18.2 Å². The maximum Gasteiger partial charge on any atom is 0.433 e. The molecule has 0 saturated carbocycles. The van der Waals surface area contributed by atoms with Crippen LogP contribution < -0.4 is 4.90 Å². The molecule has 0 N–H and O–H groups in total. The zero-order valence-corrected chi connectivity index (χ0v) is 21.1. The van der Waals surface area contributed by atoms with Crippen molar-refractivity contribution in [3.8, 4) is 0 Å². The lowest BCUT2D eigenvalue weighted by Crippen LogP contribution is -2.64. The van der Waals surface area contributed by atoms with Crippen LogP contribution in [0.3, 0.4) is 0 Å². The number of fused-ring (bicyclic) bond motifs is 2. The largest absolute Gasteiger partial charge is 0.433 e. The van der Waals surface area contributed by atoms with E-state index in [1.165, 1.54) is 17.0 Å². The number of pyridine rings is 1. The Kier molecular flexibility index (Phi) is 7.48. The minimum Gasteiger partial charge on any atom is -0.377 e. The van der Waals surface area contributed by atoms with Crippen LogP contribution in [0.2, 0.25) is 0 Å². The van der Waals surface area contributed by atoms with Crippen LogP contribution in [-0.4, -0.2) is 90.4 Å². The number of carbonyl (C=O) groups is 1. The second kappa shape index (κ2) is 9.95. The van der Waals surface area contributed by atoms with Crippen LogP contribution in [0.25, 0.3) is 0 Å². The normalized spacial score (nSPS) is 31.1. The Hall–Kier alpha value is -1.75. The number of anilines is 1. The van der Waals surface area contributed by atoms with Crippen molar-refractivity contribution < 1.29 is 27.4 Å². The van der Waals surface area contributed by atoms with Crippen molar-refractivity contribution in [2.45, 2.75) is 64.0 Å². The summed E-state index contributed by atoms with van der Waals surface area (Å²) in [6.07, 6.45) is -3.00. The van der Waals surface area contributed by atoms with Gasteiger partial charge in [-0.2, -0.15) is 13.2 Å². The molecule has 0 radical (unpaired) electrons. The summed E-state index contributed by atoms with van der Waals surface area (Å²) in [4.78, 5) is 23.7. The smallest absolute Gasteiger partial charge is 0.377 e. The third-order valence-electron chi connectivity index (χ3n) is 7.89. The molecule has 10 heteroatoms. The van der Waals surface area contributed by atoms with E-state index in [0.29, 0.717) is 32.6 Å². The molecule has 1 amide bonds. The molecule has 1 aromatic rings. The summed E-state index contributed by atoms with van der Waals surface area (Å²) in [6.45, 7) is 13.6. The molecule has 1 aromatic heterocycles. The number of piperazine rings is 1. The Bertz CT molecular complexity index is 906. The Morgan fingerprint density at radius 1 is 1.23 bits per heavy atom. The van der Waals surface area contributed by atoms with Gasteiger partial charge in [0.25, 0.3) is 0 Å². The van der Waals surface area contributed by atoms with Crippen LogP contribution >= 0.6 is 0 Å². The van der Waals surface area contributed by atoms with Crippen LogP contribution in [-0.2, 0) is 20.4 Å². The minimum absolute atomic E-state index is 0.0525. The topological polar surface area (TPSA) is 58.1 Å². The molecule has 4 rings (SSSR count). The Morgan fingerprint density at radius 2 is 1.94 bits per heavy atom. The molecular formula is C25H37F3N4O3. The zero-order valence-electron chi connectivity index (χ0n) is 21.1. The summed E-state index contributed by atoms with van der Waals surface area (Å²) < 4.78 is 52.0. The van der Waals surface area contributed by atoms with Gasteiger partial charge in [0, 0.05) is 51.4 Å². The average Bonchev–Trinajstić information content (AvgIpc) is 2.86. The summed E-state index contributed by atoms with van der Waals surface area (Å²) in [5, 5.41) is 0. The van der Waals surface area contributed by atoms with Crippen molar-refractivity contribution in [1.29, 1.82) is 0 Å². The number of ether oxygens (including phenoxy) is 2. The highest BCUT2D eigenvalue weighted by Crippen LogP contribution is 2.45. The first-order valence-corrected chi connectivity index (χ1v) is 12.5. The van der Waals surface area contributed by atoms with Crippen molar-refractivity contribution in [1.82, 2.24) is 14.8 Å². The van der Waals surface area contributed by atoms with E-state index in [1.807, 2.05) is 27.7 Å². The molecule has 3 unspecified atom stereocenters. The van der Waals surface area contributed by atoms with Gasteiger partial charge in [0.1, 0.15) is 11.5 Å². The molecule has 35 heavy (non-hydrogen) atoms. The van der Waals surface area contributed by atoms with Crippen LogP contribution in [0.5, 0.6) is 0 Å². The van der Waals surface area contributed by atoms with Gasteiger partial charge in [0.15, 0.2) is 0 Å². The first-order chi connectivity index (χ1) is 16.4. The van der Waals surface area contributed by atoms with Crippen molar-refractivity contribution in [2.75, 3.05) is 57.4 Å². The van der Waals surface area contributed by atoms with E-state index < -0.39 is 23.4 Å². The first-order valence-electron chi connectivity index (χ1n) is 12.5. The van der Waals surface area contributed by atoms with E-state index in [1.54, 1.807) is 0 Å². The number of carbonyl (C=O) groups excluding carboxylic acids is 1. The summed E-state index contributed by atoms with van der Waals surface area (Å²) in [5.74, 6) is -0.695. The molecule has 3 aliphatic heterocycles. The van der Waals surface area contributed by atoms with Gasteiger partial charge in [0.05, 0.1) is 24.2 Å². The Labute approximate surface area is 205 Å². The Morgan fingerprint density at radius 3 is 2.60 bits per heavy atom. The second-order valence-electron chi connectivity index (χ2n) is 10.6. The maximum atomic E-state index is 13.6. The number of aromatic nitrogens is 1. The molecule has 2 bridgehead atoms. The maximum absolute atomic E-state index is 13.6. The fourth-order valence-corrected chi connectivity index (χ4v) is 5.71. The quantitative estimate of drug-likeness (QED) is 0.599. The van der Waals surface area contributed by atoms with Gasteiger partial charge in [-0.05, 0) is 45.7 Å². The number of nitrogens with zero attached hydrogens (tertiary/aromatic N) is 4. The molecule has 3 aliphatic rings. The number of hydrogen-bond acceptors (Lipinski definition) is 6. The fourth-order valence-electron chi connectivity index (χ4n) is 5.71. The van der Waals surface area contributed by atoms with Crippen LogP contribution in [0, 0.1) is 5.92 Å². The predicted octanol–water partition coefficient (Wildman–Crippen LogP) is 3.43. The zero-order chi connectivity index (χ0) is 25.4.